The Morgan fingerprint density at radius 3 is 2.83 bits per heavy atom. The lowest BCUT2D eigenvalue weighted by molar-refractivity contribution is 0.151. The van der Waals surface area contributed by atoms with Crippen LogP contribution in [0, 0.1) is 0 Å². The second kappa shape index (κ2) is 4.21. The third-order valence-corrected chi connectivity index (χ3v) is 1.60. The third kappa shape index (κ3) is 2.30. The number of aliphatic hydroxyl groups is 1. The molecule has 1 rings (SSSR count). The highest BCUT2D eigenvalue weighted by molar-refractivity contribution is 4.88. The Morgan fingerprint density at radius 1 is 1.58 bits per heavy atom. The quantitative estimate of drug-likeness (QED) is 0.743. The predicted molar refractivity (Wildman–Crippen MR) is 43.5 cm³/mol. The molecule has 0 amide bonds. The van der Waals surface area contributed by atoms with Gasteiger partial charge >= 0.3 is 0 Å². The van der Waals surface area contributed by atoms with Crippen molar-refractivity contribution < 1.29 is 9.63 Å². The van der Waals surface area contributed by atoms with Gasteiger partial charge in [0.05, 0.1) is 0 Å². The molecule has 4 heteroatoms. The number of aryl methyl sites for hydroxylation is 1. The Kier molecular flexibility index (Phi) is 3.22. The summed E-state index contributed by atoms with van der Waals surface area (Å²) in [6.07, 6.45) is 2.33. The minimum Gasteiger partial charge on any atom is -0.384 e. The molecule has 0 aliphatic rings. The van der Waals surface area contributed by atoms with Crippen molar-refractivity contribution in [1.82, 2.24) is 10.1 Å². The Bertz CT molecular complexity index is 233. The molecule has 12 heavy (non-hydrogen) atoms. The first-order chi connectivity index (χ1) is 5.74. The summed E-state index contributed by atoms with van der Waals surface area (Å²) in [5.74, 6) is 0.994. The molecule has 1 aromatic rings. The highest BCUT2D eigenvalue weighted by Gasteiger charge is 2.09. The molecule has 0 aromatic carbocycles. The summed E-state index contributed by atoms with van der Waals surface area (Å²) in [7, 11) is 0. The summed E-state index contributed by atoms with van der Waals surface area (Å²) >= 11 is 0. The molecule has 68 valence electrons. The normalized spacial score (nSPS) is 13.2. The lowest BCUT2D eigenvalue weighted by atomic mass is 10.2. The van der Waals surface area contributed by atoms with Crippen LogP contribution < -0.4 is 0 Å². The Balaban J connectivity index is 2.52. The molecule has 4 nitrogen and oxygen atoms in total. The van der Waals surface area contributed by atoms with Crippen molar-refractivity contribution >= 4 is 0 Å². The highest BCUT2D eigenvalue weighted by atomic mass is 16.5. The lowest BCUT2D eigenvalue weighted by Gasteiger charge is -1.92. The monoisotopic (exact) mass is 170 g/mol. The minimum atomic E-state index is -0.659. The molecule has 1 heterocycles. The molecule has 1 aromatic heterocycles. The average Bonchev–Trinajstić information content (AvgIpc) is 2.48. The van der Waals surface area contributed by atoms with Gasteiger partial charge in [0.2, 0.25) is 0 Å². The van der Waals surface area contributed by atoms with E-state index in [1.807, 2.05) is 0 Å². The molecule has 0 bridgehead atoms. The fourth-order valence-corrected chi connectivity index (χ4v) is 0.874. The molecule has 1 atom stereocenters. The van der Waals surface area contributed by atoms with Crippen molar-refractivity contribution in [1.29, 1.82) is 0 Å². The van der Waals surface area contributed by atoms with E-state index in [0.717, 1.165) is 19.3 Å². The first-order valence-electron chi connectivity index (χ1n) is 4.24. The highest BCUT2D eigenvalue weighted by Crippen LogP contribution is 2.09. The van der Waals surface area contributed by atoms with E-state index in [4.69, 9.17) is 9.63 Å². The van der Waals surface area contributed by atoms with Gasteiger partial charge in [0.1, 0.15) is 6.10 Å². The van der Waals surface area contributed by atoms with Gasteiger partial charge < -0.3 is 9.63 Å². The second-order valence-electron chi connectivity index (χ2n) is 2.83. The first-order valence-corrected chi connectivity index (χ1v) is 4.24. The lowest BCUT2D eigenvalue weighted by Crippen LogP contribution is -1.92. The molecule has 1 N–H and O–H groups in total. The standard InChI is InChI=1S/C8H14N2O2/c1-3-4-5-7-9-8(6(2)11)12-10-7/h6,11H,3-5H2,1-2H3/t6-/m0/s1. The van der Waals surface area contributed by atoms with Crippen LogP contribution in [0.2, 0.25) is 0 Å². The number of hydrogen-bond acceptors (Lipinski definition) is 4. The maximum atomic E-state index is 9.07. The van der Waals surface area contributed by atoms with Gasteiger partial charge in [-0.25, -0.2) is 0 Å². The van der Waals surface area contributed by atoms with E-state index in [-0.39, 0.29) is 0 Å². The molecule has 0 saturated carbocycles. The molecule has 0 saturated heterocycles. The zero-order chi connectivity index (χ0) is 8.97. The van der Waals surface area contributed by atoms with Crippen molar-refractivity contribution in [3.8, 4) is 0 Å². The molecule has 0 aliphatic heterocycles. The van der Waals surface area contributed by atoms with Crippen LogP contribution in [-0.2, 0) is 6.42 Å². The maximum absolute atomic E-state index is 9.07. The smallest absolute Gasteiger partial charge is 0.255 e. The summed E-state index contributed by atoms with van der Waals surface area (Å²) in [5, 5.41) is 12.8. The van der Waals surface area contributed by atoms with E-state index in [9.17, 15) is 0 Å². The SMILES string of the molecule is CCCCc1noc([C@H](C)O)n1. The van der Waals surface area contributed by atoms with E-state index >= 15 is 0 Å². The van der Waals surface area contributed by atoms with Gasteiger partial charge in [0, 0.05) is 6.42 Å². The number of aromatic nitrogens is 2. The molecule has 0 aliphatic carbocycles. The zero-order valence-corrected chi connectivity index (χ0v) is 7.45. The van der Waals surface area contributed by atoms with E-state index < -0.39 is 6.10 Å². The number of aliphatic hydroxyl groups excluding tert-OH is 1. The van der Waals surface area contributed by atoms with E-state index in [1.54, 1.807) is 6.92 Å². The van der Waals surface area contributed by atoms with Gasteiger partial charge in [0.15, 0.2) is 5.82 Å². The summed E-state index contributed by atoms with van der Waals surface area (Å²) in [4.78, 5) is 4.02. The van der Waals surface area contributed by atoms with Gasteiger partial charge in [0.25, 0.3) is 5.89 Å². The largest absolute Gasteiger partial charge is 0.384 e. The van der Waals surface area contributed by atoms with Crippen molar-refractivity contribution in [2.45, 2.75) is 39.2 Å². The van der Waals surface area contributed by atoms with Crippen molar-refractivity contribution in [2.75, 3.05) is 0 Å². The van der Waals surface area contributed by atoms with Crippen LogP contribution in [0.1, 0.15) is 44.5 Å². The number of rotatable bonds is 4. The Hall–Kier alpha value is -0.900. The number of hydrogen-bond donors (Lipinski definition) is 1. The van der Waals surface area contributed by atoms with Crippen molar-refractivity contribution in [3.63, 3.8) is 0 Å². The first kappa shape index (κ1) is 9.19. The molecular formula is C8H14N2O2. The van der Waals surface area contributed by atoms with E-state index in [2.05, 4.69) is 17.1 Å². The number of unbranched alkanes of at least 4 members (excludes halogenated alkanes) is 1. The van der Waals surface area contributed by atoms with Gasteiger partial charge in [-0.15, -0.1) is 0 Å². The molecule has 0 unspecified atom stereocenters. The molecule has 0 fully saturated rings. The van der Waals surface area contributed by atoms with E-state index in [1.165, 1.54) is 0 Å². The van der Waals surface area contributed by atoms with E-state index in [0.29, 0.717) is 11.7 Å². The van der Waals surface area contributed by atoms with Gasteiger partial charge in [-0.3, -0.25) is 0 Å². The van der Waals surface area contributed by atoms with Gasteiger partial charge in [-0.1, -0.05) is 18.5 Å². The third-order valence-electron chi connectivity index (χ3n) is 1.60. The van der Waals surface area contributed by atoms with Crippen LogP contribution in [0.15, 0.2) is 4.52 Å². The predicted octanol–water partition coefficient (Wildman–Crippen LogP) is 1.47. The average molecular weight is 170 g/mol. The topological polar surface area (TPSA) is 59.2 Å². The van der Waals surface area contributed by atoms with Crippen LogP contribution in [0.4, 0.5) is 0 Å². The summed E-state index contributed by atoms with van der Waals surface area (Å²) in [5.41, 5.74) is 0. The molecular weight excluding hydrogens is 156 g/mol. The number of nitrogens with zero attached hydrogens (tertiary/aromatic N) is 2. The fourth-order valence-electron chi connectivity index (χ4n) is 0.874. The fraction of sp³-hybridized carbons (Fsp3) is 0.750. The van der Waals surface area contributed by atoms with Gasteiger partial charge in [-0.2, -0.15) is 4.98 Å². The van der Waals surface area contributed by atoms with Crippen LogP contribution >= 0.6 is 0 Å². The Morgan fingerprint density at radius 2 is 2.33 bits per heavy atom. The molecule has 0 spiro atoms. The zero-order valence-electron chi connectivity index (χ0n) is 7.45. The van der Waals surface area contributed by atoms with Gasteiger partial charge in [-0.05, 0) is 13.3 Å². The summed E-state index contributed by atoms with van der Waals surface area (Å²) in [6.45, 7) is 3.72. The van der Waals surface area contributed by atoms with Crippen LogP contribution in [0.25, 0.3) is 0 Å². The second-order valence-corrected chi connectivity index (χ2v) is 2.83. The van der Waals surface area contributed by atoms with Crippen LogP contribution in [0.5, 0.6) is 0 Å². The van der Waals surface area contributed by atoms with Crippen molar-refractivity contribution in [3.05, 3.63) is 11.7 Å². The van der Waals surface area contributed by atoms with Crippen LogP contribution in [-0.4, -0.2) is 15.2 Å². The summed E-state index contributed by atoms with van der Waals surface area (Å²) < 4.78 is 4.81. The summed E-state index contributed by atoms with van der Waals surface area (Å²) in [6, 6.07) is 0. The Labute approximate surface area is 71.6 Å². The minimum absolute atomic E-state index is 0.307. The maximum Gasteiger partial charge on any atom is 0.255 e. The van der Waals surface area contributed by atoms with Crippen LogP contribution in [0.3, 0.4) is 0 Å². The molecule has 0 radical (unpaired) electrons. The van der Waals surface area contributed by atoms with Crippen molar-refractivity contribution in [2.24, 2.45) is 0 Å².